The van der Waals surface area contributed by atoms with Crippen molar-refractivity contribution in [1.29, 1.82) is 5.41 Å². The second-order valence-corrected chi connectivity index (χ2v) is 5.02. The summed E-state index contributed by atoms with van der Waals surface area (Å²) in [5.41, 5.74) is 5.46. The van der Waals surface area contributed by atoms with E-state index in [0.29, 0.717) is 5.84 Å². The molecule has 0 bridgehead atoms. The summed E-state index contributed by atoms with van der Waals surface area (Å²) in [7, 11) is 2.11. The third-order valence-corrected chi connectivity index (χ3v) is 3.33. The molecule has 0 aliphatic carbocycles. The predicted octanol–water partition coefficient (Wildman–Crippen LogP) is 0.976. The second kappa shape index (κ2) is 6.86. The van der Waals surface area contributed by atoms with E-state index in [-0.39, 0.29) is 5.92 Å². The van der Waals surface area contributed by atoms with Crippen LogP contribution in [-0.4, -0.2) is 55.4 Å². The first-order valence-electron chi connectivity index (χ1n) is 6.34. The quantitative estimate of drug-likeness (QED) is 0.502. The number of nitrogens with zero attached hydrogens (tertiary/aromatic N) is 2. The topological polar surface area (TPSA) is 56.4 Å². The molecular formula is C12H26N4. The van der Waals surface area contributed by atoms with Crippen molar-refractivity contribution in [2.24, 2.45) is 11.7 Å². The van der Waals surface area contributed by atoms with Crippen LogP contribution in [-0.2, 0) is 0 Å². The Morgan fingerprint density at radius 3 is 2.62 bits per heavy atom. The van der Waals surface area contributed by atoms with E-state index in [0.717, 1.165) is 13.1 Å². The summed E-state index contributed by atoms with van der Waals surface area (Å²) >= 11 is 0. The van der Waals surface area contributed by atoms with Gasteiger partial charge in [-0.2, -0.15) is 0 Å². The third-order valence-electron chi connectivity index (χ3n) is 3.33. The Morgan fingerprint density at radius 1 is 1.44 bits per heavy atom. The van der Waals surface area contributed by atoms with Gasteiger partial charge >= 0.3 is 0 Å². The smallest absolute Gasteiger partial charge is 0.0947 e. The molecule has 3 N–H and O–H groups in total. The van der Waals surface area contributed by atoms with E-state index >= 15 is 0 Å². The van der Waals surface area contributed by atoms with Gasteiger partial charge in [0.25, 0.3) is 0 Å². The Kier molecular flexibility index (Phi) is 5.77. The van der Waals surface area contributed by atoms with Crippen LogP contribution >= 0.6 is 0 Å². The maximum absolute atomic E-state index is 7.35. The average Bonchev–Trinajstić information content (AvgIpc) is 2.70. The lowest BCUT2D eigenvalue weighted by Crippen LogP contribution is -2.33. The van der Waals surface area contributed by atoms with E-state index in [2.05, 4.69) is 16.8 Å². The average molecular weight is 226 g/mol. The standard InChI is InChI=1S/C12H26N4/c1-11(12(13)14)10-15(2)6-5-9-16-7-3-4-8-16/h11H,3-10H2,1-2H3,(H3,13,14). The zero-order valence-corrected chi connectivity index (χ0v) is 10.7. The molecule has 0 saturated carbocycles. The molecule has 16 heavy (non-hydrogen) atoms. The molecule has 0 aromatic carbocycles. The van der Waals surface area contributed by atoms with Crippen molar-refractivity contribution >= 4 is 5.84 Å². The molecule has 1 atom stereocenters. The zero-order valence-electron chi connectivity index (χ0n) is 10.7. The molecule has 0 aromatic rings. The number of nitrogens with two attached hydrogens (primary N) is 1. The summed E-state index contributed by atoms with van der Waals surface area (Å²) < 4.78 is 0. The molecule has 0 radical (unpaired) electrons. The highest BCUT2D eigenvalue weighted by atomic mass is 15.1. The molecule has 4 heteroatoms. The first-order chi connectivity index (χ1) is 7.59. The Labute approximate surface area is 99.3 Å². The van der Waals surface area contributed by atoms with Crippen LogP contribution in [0.25, 0.3) is 0 Å². The second-order valence-electron chi connectivity index (χ2n) is 5.02. The van der Waals surface area contributed by atoms with Gasteiger partial charge in [-0.3, -0.25) is 5.41 Å². The first kappa shape index (κ1) is 13.5. The molecule has 1 unspecified atom stereocenters. The molecule has 1 aliphatic heterocycles. The molecule has 1 heterocycles. The van der Waals surface area contributed by atoms with Crippen LogP contribution in [0, 0.1) is 11.3 Å². The Bertz CT molecular complexity index is 211. The molecular weight excluding hydrogens is 200 g/mol. The number of nitrogens with one attached hydrogen (secondary N) is 1. The number of likely N-dealkylation sites (tertiary alicyclic amines) is 1. The lowest BCUT2D eigenvalue weighted by molar-refractivity contribution is 0.270. The van der Waals surface area contributed by atoms with E-state index < -0.39 is 0 Å². The molecule has 0 amide bonds. The molecule has 0 aromatic heterocycles. The molecule has 1 aliphatic rings. The van der Waals surface area contributed by atoms with Crippen molar-refractivity contribution in [2.45, 2.75) is 26.2 Å². The monoisotopic (exact) mass is 226 g/mol. The van der Waals surface area contributed by atoms with Gasteiger partial charge in [-0.05, 0) is 52.5 Å². The lowest BCUT2D eigenvalue weighted by Gasteiger charge is -2.22. The number of amidine groups is 1. The molecule has 4 nitrogen and oxygen atoms in total. The molecule has 1 saturated heterocycles. The van der Waals surface area contributed by atoms with Gasteiger partial charge in [-0.15, -0.1) is 0 Å². The highest BCUT2D eigenvalue weighted by molar-refractivity contribution is 5.79. The third kappa shape index (κ3) is 4.94. The van der Waals surface area contributed by atoms with Crippen LogP contribution in [0.1, 0.15) is 26.2 Å². The fourth-order valence-corrected chi connectivity index (χ4v) is 2.23. The number of hydrogen-bond acceptors (Lipinski definition) is 3. The van der Waals surface area contributed by atoms with Gasteiger partial charge in [0, 0.05) is 12.5 Å². The van der Waals surface area contributed by atoms with E-state index in [1.54, 1.807) is 0 Å². The van der Waals surface area contributed by atoms with Gasteiger partial charge in [0.05, 0.1) is 5.84 Å². The highest BCUT2D eigenvalue weighted by Gasteiger charge is 2.12. The fourth-order valence-electron chi connectivity index (χ4n) is 2.23. The van der Waals surface area contributed by atoms with Crippen molar-refractivity contribution in [3.05, 3.63) is 0 Å². The zero-order chi connectivity index (χ0) is 12.0. The van der Waals surface area contributed by atoms with Gasteiger partial charge in [0.1, 0.15) is 0 Å². The maximum atomic E-state index is 7.35. The molecule has 94 valence electrons. The van der Waals surface area contributed by atoms with Crippen molar-refractivity contribution < 1.29 is 0 Å². The Balaban J connectivity index is 2.05. The van der Waals surface area contributed by atoms with Crippen molar-refractivity contribution in [2.75, 3.05) is 39.8 Å². The summed E-state index contributed by atoms with van der Waals surface area (Å²) in [5.74, 6) is 0.475. The van der Waals surface area contributed by atoms with Gasteiger partial charge in [-0.1, -0.05) is 6.92 Å². The molecule has 1 rings (SSSR count). The minimum atomic E-state index is 0.178. The van der Waals surface area contributed by atoms with Gasteiger partial charge in [-0.25, -0.2) is 0 Å². The summed E-state index contributed by atoms with van der Waals surface area (Å²) in [5, 5.41) is 7.35. The normalized spacial score (nSPS) is 19.2. The minimum Gasteiger partial charge on any atom is -0.387 e. The van der Waals surface area contributed by atoms with Gasteiger partial charge in [0.2, 0.25) is 0 Å². The summed E-state index contributed by atoms with van der Waals surface area (Å²) in [4.78, 5) is 4.82. The first-order valence-corrected chi connectivity index (χ1v) is 6.34. The predicted molar refractivity (Wildman–Crippen MR) is 68.9 cm³/mol. The number of hydrogen-bond donors (Lipinski definition) is 2. The molecule has 0 spiro atoms. The van der Waals surface area contributed by atoms with E-state index in [1.807, 2.05) is 6.92 Å². The molecule has 1 fully saturated rings. The largest absolute Gasteiger partial charge is 0.387 e. The van der Waals surface area contributed by atoms with E-state index in [4.69, 9.17) is 11.1 Å². The van der Waals surface area contributed by atoms with Crippen molar-refractivity contribution in [3.63, 3.8) is 0 Å². The van der Waals surface area contributed by atoms with Crippen LogP contribution in [0.5, 0.6) is 0 Å². The van der Waals surface area contributed by atoms with Crippen LogP contribution < -0.4 is 5.73 Å². The lowest BCUT2D eigenvalue weighted by atomic mass is 10.1. The summed E-state index contributed by atoms with van der Waals surface area (Å²) in [6.07, 6.45) is 3.97. The number of rotatable bonds is 7. The van der Waals surface area contributed by atoms with Gasteiger partial charge < -0.3 is 15.5 Å². The SMILES string of the molecule is CC(CN(C)CCCN1CCCC1)C(=N)N. The fraction of sp³-hybridized carbons (Fsp3) is 0.917. The maximum Gasteiger partial charge on any atom is 0.0947 e. The summed E-state index contributed by atoms with van der Waals surface area (Å²) in [6.45, 7) is 7.81. The summed E-state index contributed by atoms with van der Waals surface area (Å²) in [6, 6.07) is 0. The van der Waals surface area contributed by atoms with Crippen molar-refractivity contribution in [1.82, 2.24) is 9.80 Å². The van der Waals surface area contributed by atoms with E-state index in [1.165, 1.54) is 38.9 Å². The van der Waals surface area contributed by atoms with E-state index in [9.17, 15) is 0 Å². The van der Waals surface area contributed by atoms with Crippen LogP contribution in [0.3, 0.4) is 0 Å². The minimum absolute atomic E-state index is 0.178. The highest BCUT2D eigenvalue weighted by Crippen LogP contribution is 2.07. The van der Waals surface area contributed by atoms with Gasteiger partial charge in [0.15, 0.2) is 0 Å². The van der Waals surface area contributed by atoms with Crippen LogP contribution in [0.15, 0.2) is 0 Å². The Morgan fingerprint density at radius 2 is 2.06 bits per heavy atom. The van der Waals surface area contributed by atoms with Crippen LogP contribution in [0.2, 0.25) is 0 Å². The Hall–Kier alpha value is -0.610. The van der Waals surface area contributed by atoms with Crippen LogP contribution in [0.4, 0.5) is 0 Å². The van der Waals surface area contributed by atoms with Crippen molar-refractivity contribution in [3.8, 4) is 0 Å².